The summed E-state index contributed by atoms with van der Waals surface area (Å²) in [6, 6.07) is 10.2. The van der Waals surface area contributed by atoms with Gasteiger partial charge in [0, 0.05) is 26.2 Å². The van der Waals surface area contributed by atoms with Gasteiger partial charge in [-0.15, -0.1) is 0 Å². The van der Waals surface area contributed by atoms with E-state index in [1.165, 1.54) is 13.1 Å². The minimum atomic E-state index is -1.88. The van der Waals surface area contributed by atoms with Crippen LogP contribution in [0.25, 0.3) is 0 Å². The van der Waals surface area contributed by atoms with E-state index in [9.17, 15) is 0 Å². The number of hydrogen-bond acceptors (Lipinski definition) is 2. The van der Waals surface area contributed by atoms with Crippen LogP contribution in [0, 0.1) is 0 Å². The van der Waals surface area contributed by atoms with Gasteiger partial charge in [0.2, 0.25) is 0 Å². The van der Waals surface area contributed by atoms with Crippen molar-refractivity contribution in [1.82, 2.24) is 19.3 Å². The lowest BCUT2D eigenvalue weighted by Gasteiger charge is -2.37. The summed E-state index contributed by atoms with van der Waals surface area (Å²) in [5.74, 6) is 0. The Bertz CT molecular complexity index is 456. The van der Waals surface area contributed by atoms with Gasteiger partial charge in [-0.1, -0.05) is 18.2 Å². The van der Waals surface area contributed by atoms with Crippen LogP contribution in [0.2, 0.25) is 0 Å². The highest BCUT2D eigenvalue weighted by atomic mass is 31.2. The zero-order valence-corrected chi connectivity index (χ0v) is 13.8. The molecule has 6 heteroatoms. The van der Waals surface area contributed by atoms with Crippen LogP contribution in [0.4, 0.5) is 5.69 Å². The van der Waals surface area contributed by atoms with Crippen LogP contribution in [0.15, 0.2) is 35.1 Å². The van der Waals surface area contributed by atoms with Gasteiger partial charge in [0.25, 0.3) is 0 Å². The average molecular weight is 295 g/mol. The molecule has 20 heavy (non-hydrogen) atoms. The lowest BCUT2D eigenvalue weighted by atomic mass is 10.3. The van der Waals surface area contributed by atoms with Crippen molar-refractivity contribution in [2.24, 2.45) is 4.74 Å². The number of rotatable bonds is 7. The molecule has 1 saturated heterocycles. The molecule has 1 fully saturated rings. The Morgan fingerprint density at radius 1 is 1.10 bits per heavy atom. The average Bonchev–Trinajstić information content (AvgIpc) is 3.22. The standard InChI is InChI=1S/C14H26N5P/c1-17(2)20(18(3)4,15-10-11-19-12-13-19)16-14-8-6-5-7-9-14/h5-9,15H,10-13H2,1-4H3. The maximum absolute atomic E-state index is 5.04. The third-order valence-electron chi connectivity index (χ3n) is 3.42. The maximum atomic E-state index is 5.04. The zero-order chi connectivity index (χ0) is 14.6. The monoisotopic (exact) mass is 295 g/mol. The Morgan fingerprint density at radius 3 is 2.20 bits per heavy atom. The largest absolute Gasteiger partial charge is 0.300 e. The highest BCUT2D eigenvalue weighted by Gasteiger charge is 2.26. The highest BCUT2D eigenvalue weighted by molar-refractivity contribution is 7.59. The smallest absolute Gasteiger partial charge is 0.169 e. The first-order valence-corrected chi connectivity index (χ1v) is 8.70. The van der Waals surface area contributed by atoms with Gasteiger partial charge < -0.3 is 0 Å². The van der Waals surface area contributed by atoms with Gasteiger partial charge in [0.1, 0.15) is 0 Å². The topological polar surface area (TPSA) is 33.9 Å². The molecule has 0 bridgehead atoms. The fourth-order valence-corrected chi connectivity index (χ4v) is 4.73. The number of nitrogens with one attached hydrogen (secondary N) is 1. The molecule has 112 valence electrons. The molecule has 1 aliphatic heterocycles. The van der Waals surface area contributed by atoms with E-state index < -0.39 is 7.51 Å². The summed E-state index contributed by atoms with van der Waals surface area (Å²) in [6.45, 7) is 4.56. The van der Waals surface area contributed by atoms with Crippen LogP contribution in [0.1, 0.15) is 0 Å². The second-order valence-corrected chi connectivity index (χ2v) is 8.70. The van der Waals surface area contributed by atoms with Crippen molar-refractivity contribution in [1.29, 1.82) is 0 Å². The van der Waals surface area contributed by atoms with Crippen molar-refractivity contribution < 1.29 is 0 Å². The molecule has 0 atom stereocenters. The van der Waals surface area contributed by atoms with Crippen molar-refractivity contribution >= 4 is 13.2 Å². The van der Waals surface area contributed by atoms with E-state index in [0.29, 0.717) is 0 Å². The van der Waals surface area contributed by atoms with Crippen molar-refractivity contribution in [3.63, 3.8) is 0 Å². The van der Waals surface area contributed by atoms with E-state index in [0.717, 1.165) is 18.8 Å². The Hall–Kier alpha value is -0.710. The molecule has 0 aliphatic carbocycles. The lowest BCUT2D eigenvalue weighted by molar-refractivity contribution is 0.515. The molecule has 0 aromatic heterocycles. The SMILES string of the molecule is CN(C)P(=Nc1ccccc1)(NCCN1CC1)N(C)C. The van der Waals surface area contributed by atoms with Crippen LogP contribution in [0.3, 0.4) is 0 Å². The molecule has 5 nitrogen and oxygen atoms in total. The van der Waals surface area contributed by atoms with Gasteiger partial charge in [-0.25, -0.2) is 4.74 Å². The van der Waals surface area contributed by atoms with Gasteiger partial charge in [0.05, 0.1) is 5.69 Å². The molecule has 0 unspecified atom stereocenters. The molecule has 1 aromatic rings. The first kappa shape index (κ1) is 15.7. The predicted molar refractivity (Wildman–Crippen MR) is 87.3 cm³/mol. The van der Waals surface area contributed by atoms with E-state index in [2.05, 4.69) is 59.7 Å². The number of nitrogens with zero attached hydrogens (tertiary/aromatic N) is 4. The fraction of sp³-hybridized carbons (Fsp3) is 0.571. The fourth-order valence-electron chi connectivity index (χ4n) is 2.16. The molecular weight excluding hydrogens is 269 g/mol. The highest BCUT2D eigenvalue weighted by Crippen LogP contribution is 2.51. The second-order valence-electron chi connectivity index (χ2n) is 5.45. The quantitative estimate of drug-likeness (QED) is 0.618. The van der Waals surface area contributed by atoms with Crippen LogP contribution in [-0.4, -0.2) is 68.6 Å². The van der Waals surface area contributed by atoms with Gasteiger partial charge >= 0.3 is 0 Å². The minimum absolute atomic E-state index is 0.973. The van der Waals surface area contributed by atoms with E-state index >= 15 is 0 Å². The van der Waals surface area contributed by atoms with Crippen molar-refractivity contribution in [2.45, 2.75) is 0 Å². The molecule has 0 saturated carbocycles. The van der Waals surface area contributed by atoms with Crippen LogP contribution in [0.5, 0.6) is 0 Å². The van der Waals surface area contributed by atoms with Gasteiger partial charge in [-0.2, -0.15) is 0 Å². The zero-order valence-electron chi connectivity index (χ0n) is 13.0. The third kappa shape index (κ3) is 3.90. The Morgan fingerprint density at radius 2 is 1.70 bits per heavy atom. The molecule has 0 amide bonds. The molecule has 1 aromatic carbocycles. The van der Waals surface area contributed by atoms with E-state index in [1.54, 1.807) is 0 Å². The first-order chi connectivity index (χ1) is 9.54. The molecule has 0 radical (unpaired) electrons. The molecule has 0 spiro atoms. The van der Waals surface area contributed by atoms with Gasteiger partial charge in [-0.05, 0) is 40.3 Å². The van der Waals surface area contributed by atoms with Gasteiger partial charge in [0.15, 0.2) is 7.51 Å². The lowest BCUT2D eigenvalue weighted by Crippen LogP contribution is -2.33. The van der Waals surface area contributed by atoms with E-state index in [1.807, 2.05) is 18.2 Å². The van der Waals surface area contributed by atoms with E-state index in [4.69, 9.17) is 4.74 Å². The summed E-state index contributed by atoms with van der Waals surface area (Å²) in [4.78, 5) is 2.43. The summed E-state index contributed by atoms with van der Waals surface area (Å²) < 4.78 is 9.49. The number of hydrogen-bond donors (Lipinski definition) is 1. The van der Waals surface area contributed by atoms with E-state index in [-0.39, 0.29) is 0 Å². The molecule has 1 N–H and O–H groups in total. The maximum Gasteiger partial charge on any atom is 0.169 e. The Balaban J connectivity index is 2.23. The van der Waals surface area contributed by atoms with Crippen molar-refractivity contribution in [3.8, 4) is 0 Å². The molecule has 1 aliphatic rings. The van der Waals surface area contributed by atoms with Crippen LogP contribution < -0.4 is 5.09 Å². The van der Waals surface area contributed by atoms with Crippen LogP contribution >= 0.6 is 7.51 Å². The summed E-state index contributed by atoms with van der Waals surface area (Å²) in [5, 5.41) is 3.71. The Labute approximate surface area is 122 Å². The first-order valence-electron chi connectivity index (χ1n) is 7.05. The summed E-state index contributed by atoms with van der Waals surface area (Å²) in [7, 11) is 6.53. The summed E-state index contributed by atoms with van der Waals surface area (Å²) in [6.07, 6.45) is 0. The second kappa shape index (κ2) is 6.83. The Kier molecular flexibility index (Phi) is 5.35. The van der Waals surface area contributed by atoms with Crippen LogP contribution in [-0.2, 0) is 0 Å². The van der Waals surface area contributed by atoms with Crippen molar-refractivity contribution in [2.75, 3.05) is 54.4 Å². The number of benzene rings is 1. The summed E-state index contributed by atoms with van der Waals surface area (Å²) >= 11 is 0. The van der Waals surface area contributed by atoms with Gasteiger partial charge in [-0.3, -0.25) is 19.3 Å². The predicted octanol–water partition coefficient (Wildman–Crippen LogP) is 2.29. The van der Waals surface area contributed by atoms with Crippen molar-refractivity contribution in [3.05, 3.63) is 30.3 Å². The molecular formula is C14H26N5P. The normalized spacial score (nSPS) is 15.9. The summed E-state index contributed by atoms with van der Waals surface area (Å²) in [5.41, 5.74) is 1.03. The molecule has 1 heterocycles. The third-order valence-corrected chi connectivity index (χ3v) is 6.81. The molecule has 2 rings (SSSR count). The minimum Gasteiger partial charge on any atom is -0.300 e.